The van der Waals surface area contributed by atoms with Crippen LogP contribution in [0.2, 0.25) is 0 Å². The van der Waals surface area contributed by atoms with Gasteiger partial charge in [0.1, 0.15) is 0 Å². The average molecular weight is 208 g/mol. The largest absolute Gasteiger partial charge is 0.518 e. The van der Waals surface area contributed by atoms with E-state index < -0.39 is 12.1 Å². The Labute approximate surface area is 80.1 Å². The molecule has 0 aliphatic carbocycles. The highest BCUT2D eigenvalue weighted by Crippen LogP contribution is 2.21. The summed E-state index contributed by atoms with van der Waals surface area (Å²) in [5.74, 6) is -1.94. The third-order valence-corrected chi connectivity index (χ3v) is 1.38. The van der Waals surface area contributed by atoms with Gasteiger partial charge >= 0.3 is 12.1 Å². The molecule has 1 rings (SSSR count). The smallest absolute Gasteiger partial charge is 0.394 e. The van der Waals surface area contributed by atoms with Crippen LogP contribution in [0, 0.1) is 0 Å². The molecule has 0 radical (unpaired) electrons. The predicted octanol–water partition coefficient (Wildman–Crippen LogP) is -1.18. The van der Waals surface area contributed by atoms with Crippen molar-refractivity contribution in [2.24, 2.45) is 0 Å². The quantitative estimate of drug-likeness (QED) is 0.402. The summed E-state index contributed by atoms with van der Waals surface area (Å²) >= 11 is 0. The van der Waals surface area contributed by atoms with Gasteiger partial charge in [-0.1, -0.05) is 0 Å². The van der Waals surface area contributed by atoms with E-state index in [2.05, 4.69) is 9.47 Å². The van der Waals surface area contributed by atoms with Gasteiger partial charge in [-0.3, -0.25) is 0 Å². The van der Waals surface area contributed by atoms with Crippen LogP contribution in [0.4, 0.5) is 4.79 Å². The van der Waals surface area contributed by atoms with Crippen molar-refractivity contribution in [1.29, 1.82) is 0 Å². The van der Waals surface area contributed by atoms with Gasteiger partial charge in [-0.25, -0.2) is 4.79 Å². The minimum Gasteiger partial charge on any atom is -0.394 e. The Morgan fingerprint density at radius 3 is 2.43 bits per heavy atom. The lowest BCUT2D eigenvalue weighted by Crippen LogP contribution is -2.53. The number of hydrogen-bond acceptors (Lipinski definition) is 7. The van der Waals surface area contributed by atoms with Gasteiger partial charge in [0.25, 0.3) is 0 Å². The standard InChI is InChI=1S/C7H12O7/c8-1-2-11-3-4-12-5-7(10)13-6(9)14-7/h8,10H,1-5H2. The molecule has 0 atom stereocenters. The monoisotopic (exact) mass is 208 g/mol. The zero-order valence-electron chi connectivity index (χ0n) is 7.47. The molecule has 0 aromatic carbocycles. The van der Waals surface area contributed by atoms with Gasteiger partial charge in [-0.15, -0.1) is 0 Å². The maximum Gasteiger partial charge on any atom is 0.518 e. The molecular weight excluding hydrogens is 196 g/mol. The van der Waals surface area contributed by atoms with Gasteiger partial charge in [-0.2, -0.15) is 0 Å². The number of cyclic esters (lactones) is 2. The van der Waals surface area contributed by atoms with Crippen LogP contribution in [0.3, 0.4) is 0 Å². The average Bonchev–Trinajstić information content (AvgIpc) is 2.09. The van der Waals surface area contributed by atoms with E-state index in [0.29, 0.717) is 0 Å². The van der Waals surface area contributed by atoms with Crippen LogP contribution >= 0.6 is 0 Å². The topological polar surface area (TPSA) is 94.5 Å². The maximum absolute atomic E-state index is 10.2. The van der Waals surface area contributed by atoms with E-state index in [-0.39, 0.29) is 33.0 Å². The molecule has 1 saturated heterocycles. The molecule has 1 aliphatic rings. The van der Waals surface area contributed by atoms with Crippen molar-refractivity contribution in [1.82, 2.24) is 0 Å². The van der Waals surface area contributed by atoms with Crippen molar-refractivity contribution >= 4 is 6.16 Å². The summed E-state index contributed by atoms with van der Waals surface area (Å²) in [5.41, 5.74) is 0. The van der Waals surface area contributed by atoms with E-state index in [1.54, 1.807) is 0 Å². The van der Waals surface area contributed by atoms with Crippen LogP contribution in [0.1, 0.15) is 0 Å². The second kappa shape index (κ2) is 5.11. The number of carbonyl (C=O) groups is 1. The van der Waals surface area contributed by atoms with E-state index in [9.17, 15) is 4.79 Å². The number of aliphatic hydroxyl groups is 2. The third-order valence-electron chi connectivity index (χ3n) is 1.38. The first-order chi connectivity index (χ1) is 6.66. The van der Waals surface area contributed by atoms with Gasteiger partial charge in [-0.05, 0) is 0 Å². The number of hydrogen-bond donors (Lipinski definition) is 2. The second-order valence-corrected chi connectivity index (χ2v) is 2.56. The number of carbonyl (C=O) groups excluding carboxylic acids is 1. The summed E-state index contributed by atoms with van der Waals surface area (Å²) < 4.78 is 18.2. The molecule has 0 amide bonds. The first kappa shape index (κ1) is 11.2. The predicted molar refractivity (Wildman–Crippen MR) is 41.2 cm³/mol. The Morgan fingerprint density at radius 2 is 1.86 bits per heavy atom. The van der Waals surface area contributed by atoms with Crippen LogP contribution in [0.15, 0.2) is 0 Å². The van der Waals surface area contributed by atoms with Crippen LogP contribution in [-0.2, 0) is 18.9 Å². The Bertz CT molecular complexity index is 184. The summed E-state index contributed by atoms with van der Waals surface area (Å²) in [6.45, 7) is 0.415. The Morgan fingerprint density at radius 1 is 1.21 bits per heavy atom. The van der Waals surface area contributed by atoms with Crippen LogP contribution < -0.4 is 0 Å². The summed E-state index contributed by atoms with van der Waals surface area (Å²) in [5, 5.41) is 17.5. The van der Waals surface area contributed by atoms with Crippen LogP contribution in [0.5, 0.6) is 0 Å². The molecule has 1 aliphatic heterocycles. The molecule has 82 valence electrons. The lowest BCUT2D eigenvalue weighted by atomic mass is 10.5. The highest BCUT2D eigenvalue weighted by molar-refractivity contribution is 5.64. The summed E-state index contributed by atoms with van der Waals surface area (Å²) in [6.07, 6.45) is -0.923. The molecule has 0 aromatic rings. The van der Waals surface area contributed by atoms with Crippen molar-refractivity contribution in [3.63, 3.8) is 0 Å². The van der Waals surface area contributed by atoms with E-state index >= 15 is 0 Å². The third kappa shape index (κ3) is 3.46. The molecule has 7 heteroatoms. The second-order valence-electron chi connectivity index (χ2n) is 2.56. The van der Waals surface area contributed by atoms with Crippen molar-refractivity contribution in [3.8, 4) is 0 Å². The van der Waals surface area contributed by atoms with Gasteiger partial charge < -0.3 is 29.2 Å². The van der Waals surface area contributed by atoms with Gasteiger partial charge in [0.15, 0.2) is 6.61 Å². The van der Waals surface area contributed by atoms with Crippen LogP contribution in [0.25, 0.3) is 0 Å². The molecular formula is C7H12O7. The summed E-state index contributed by atoms with van der Waals surface area (Å²) in [4.78, 5) is 10.2. The highest BCUT2D eigenvalue weighted by Gasteiger charge is 2.47. The summed E-state index contributed by atoms with van der Waals surface area (Å²) in [7, 11) is 0. The van der Waals surface area contributed by atoms with Gasteiger partial charge in [0.05, 0.1) is 26.4 Å². The van der Waals surface area contributed by atoms with E-state index in [4.69, 9.17) is 19.7 Å². The van der Waals surface area contributed by atoms with Gasteiger partial charge in [0, 0.05) is 0 Å². The molecule has 2 N–H and O–H groups in total. The number of aliphatic hydroxyl groups excluding tert-OH is 1. The number of ether oxygens (including phenoxy) is 4. The van der Waals surface area contributed by atoms with Gasteiger partial charge in [0.2, 0.25) is 0 Å². The molecule has 1 fully saturated rings. The number of rotatable bonds is 7. The SMILES string of the molecule is O=C1OC(O)(COCCOCCO)O1. The molecule has 0 spiro atoms. The highest BCUT2D eigenvalue weighted by atomic mass is 17.0. The van der Waals surface area contributed by atoms with Crippen molar-refractivity contribution < 1.29 is 34.0 Å². The van der Waals surface area contributed by atoms with Crippen molar-refractivity contribution in [3.05, 3.63) is 0 Å². The zero-order chi connectivity index (χ0) is 10.4. The minimum atomic E-state index is -1.94. The fraction of sp³-hybridized carbons (Fsp3) is 0.857. The Kier molecular flexibility index (Phi) is 4.08. The Balaban J connectivity index is 1.91. The minimum absolute atomic E-state index is 0.0509. The fourth-order valence-corrected chi connectivity index (χ4v) is 0.813. The molecule has 0 unspecified atom stereocenters. The van der Waals surface area contributed by atoms with E-state index in [0.717, 1.165) is 0 Å². The van der Waals surface area contributed by atoms with Crippen LogP contribution in [-0.4, -0.2) is 55.4 Å². The normalized spacial score (nSPS) is 18.3. The first-order valence-electron chi connectivity index (χ1n) is 4.07. The molecule has 14 heavy (non-hydrogen) atoms. The zero-order valence-corrected chi connectivity index (χ0v) is 7.47. The Hall–Kier alpha value is -0.890. The van der Waals surface area contributed by atoms with E-state index in [1.165, 1.54) is 0 Å². The first-order valence-corrected chi connectivity index (χ1v) is 4.07. The molecule has 1 heterocycles. The molecule has 0 bridgehead atoms. The van der Waals surface area contributed by atoms with Crippen molar-refractivity contribution in [2.75, 3.05) is 33.0 Å². The lowest BCUT2D eigenvalue weighted by molar-refractivity contribution is -0.399. The van der Waals surface area contributed by atoms with E-state index in [1.807, 2.05) is 0 Å². The maximum atomic E-state index is 10.2. The van der Waals surface area contributed by atoms with Crippen molar-refractivity contribution in [2.45, 2.75) is 5.97 Å². The molecule has 7 nitrogen and oxygen atoms in total. The fourth-order valence-electron chi connectivity index (χ4n) is 0.813. The lowest BCUT2D eigenvalue weighted by Gasteiger charge is -2.33. The summed E-state index contributed by atoms with van der Waals surface area (Å²) in [6, 6.07) is 0. The molecule has 0 saturated carbocycles. The molecule has 0 aromatic heterocycles.